The summed E-state index contributed by atoms with van der Waals surface area (Å²) in [6, 6.07) is 7.93. The summed E-state index contributed by atoms with van der Waals surface area (Å²) in [5, 5.41) is 6.28. The summed E-state index contributed by atoms with van der Waals surface area (Å²) < 4.78 is 0. The van der Waals surface area contributed by atoms with Crippen LogP contribution >= 0.6 is 0 Å². The molecule has 0 atom stereocenters. The summed E-state index contributed by atoms with van der Waals surface area (Å²) >= 11 is 0. The van der Waals surface area contributed by atoms with Gasteiger partial charge in [0.25, 0.3) is 5.96 Å². The highest BCUT2D eigenvalue weighted by Gasteiger charge is 1.94. The minimum atomic E-state index is 0.0184. The van der Waals surface area contributed by atoms with Crippen LogP contribution in [-0.2, 0) is 0 Å². The van der Waals surface area contributed by atoms with Gasteiger partial charge >= 0.3 is 0 Å². The van der Waals surface area contributed by atoms with Gasteiger partial charge in [-0.05, 0) is 18.6 Å². The average Bonchev–Trinajstić information content (AvgIpc) is 2.08. The van der Waals surface area contributed by atoms with Crippen LogP contribution in [0.15, 0.2) is 29.4 Å². The van der Waals surface area contributed by atoms with E-state index in [1.165, 1.54) is 5.56 Å². The Hall–Kier alpha value is -1.84. The fourth-order valence-electron chi connectivity index (χ4n) is 0.925. The molecule has 0 unspecified atom stereocenters. The van der Waals surface area contributed by atoms with Crippen molar-refractivity contribution in [3.05, 3.63) is 35.4 Å². The van der Waals surface area contributed by atoms with Crippen molar-refractivity contribution in [3.63, 3.8) is 0 Å². The van der Waals surface area contributed by atoms with Crippen LogP contribution in [0.25, 0.3) is 0 Å². The minimum Gasteiger partial charge on any atom is -0.365 e. The fraction of sp³-hybridized carbons (Fsp3) is 0.111. The molecule has 1 aromatic carbocycles. The molecule has 4 heteroatoms. The van der Waals surface area contributed by atoms with Crippen LogP contribution < -0.4 is 16.6 Å². The number of nitrogens with zero attached hydrogens (tertiary/aromatic N) is 1. The highest BCUT2D eigenvalue weighted by molar-refractivity contribution is 5.78. The van der Waals surface area contributed by atoms with E-state index >= 15 is 0 Å². The number of rotatable bonds is 2. The van der Waals surface area contributed by atoms with Crippen LogP contribution in [0.4, 0.5) is 0 Å². The number of benzene rings is 1. The largest absolute Gasteiger partial charge is 0.365 e. The van der Waals surface area contributed by atoms with Crippen LogP contribution in [0.3, 0.4) is 0 Å². The molecule has 0 aromatic heterocycles. The summed E-state index contributed by atoms with van der Waals surface area (Å²) in [5.41, 5.74) is 12.5. The second-order valence-corrected chi connectivity index (χ2v) is 2.67. The van der Waals surface area contributed by atoms with Gasteiger partial charge in [-0.25, -0.2) is 0 Å². The Morgan fingerprint density at radius 2 is 2.08 bits per heavy atom. The molecule has 1 rings (SSSR count). The molecule has 0 fully saturated rings. The summed E-state index contributed by atoms with van der Waals surface area (Å²) in [5.74, 6) is 0.0184. The smallest absolute Gasteiger partial charge is 0.256 e. The summed E-state index contributed by atoms with van der Waals surface area (Å²) in [6.45, 7) is 2.02. The fourth-order valence-corrected chi connectivity index (χ4v) is 0.925. The van der Waals surface area contributed by atoms with Crippen molar-refractivity contribution in [2.24, 2.45) is 16.6 Å². The van der Waals surface area contributed by atoms with E-state index in [0.717, 1.165) is 5.56 Å². The molecule has 0 radical (unpaired) electrons. The van der Waals surface area contributed by atoms with Gasteiger partial charge in [0.05, 0.1) is 0 Å². The van der Waals surface area contributed by atoms with Crippen molar-refractivity contribution in [1.82, 2.24) is 0 Å². The van der Waals surface area contributed by atoms with E-state index in [4.69, 9.17) is 11.5 Å². The van der Waals surface area contributed by atoms with Crippen molar-refractivity contribution in [1.29, 1.82) is 0 Å². The lowest BCUT2D eigenvalue weighted by molar-refractivity contribution is -0.456. The Labute approximate surface area is 77.0 Å². The van der Waals surface area contributed by atoms with Gasteiger partial charge in [-0.3, -0.25) is 0 Å². The molecule has 0 saturated heterocycles. The topological polar surface area (TPSA) is 78.4 Å². The molecule has 0 aliphatic heterocycles. The third-order valence-corrected chi connectivity index (χ3v) is 1.60. The number of hydrazone groups is 1. The maximum absolute atomic E-state index is 5.14. The van der Waals surface area contributed by atoms with Crippen LogP contribution in [0, 0.1) is 6.92 Å². The molecule has 0 saturated carbocycles. The number of hydrogen-bond donors (Lipinski definition) is 3. The maximum Gasteiger partial charge on any atom is 0.256 e. The number of nitrogens with one attached hydrogen (secondary N) is 1. The van der Waals surface area contributed by atoms with Crippen molar-refractivity contribution >= 4 is 12.2 Å². The van der Waals surface area contributed by atoms with E-state index in [2.05, 4.69) is 10.2 Å². The second kappa shape index (κ2) is 4.25. The first-order valence-corrected chi connectivity index (χ1v) is 3.93. The molecule has 5 N–H and O–H groups in total. The quantitative estimate of drug-likeness (QED) is 0.298. The Balaban J connectivity index is 2.80. The van der Waals surface area contributed by atoms with Crippen molar-refractivity contribution in [3.8, 4) is 0 Å². The molecule has 0 bridgehead atoms. The minimum absolute atomic E-state index is 0.0184. The van der Waals surface area contributed by atoms with Crippen LogP contribution in [0.1, 0.15) is 11.1 Å². The predicted molar refractivity (Wildman–Crippen MR) is 53.1 cm³/mol. The van der Waals surface area contributed by atoms with Crippen LogP contribution in [-0.4, -0.2) is 12.2 Å². The lowest BCUT2D eigenvalue weighted by atomic mass is 10.1. The summed E-state index contributed by atoms with van der Waals surface area (Å²) in [7, 11) is 0. The number of guanidine groups is 1. The Kier molecular flexibility index (Phi) is 3.03. The molecule has 0 heterocycles. The van der Waals surface area contributed by atoms with Gasteiger partial charge in [-0.1, -0.05) is 18.2 Å². The molecule has 1 aromatic rings. The molecule has 68 valence electrons. The van der Waals surface area contributed by atoms with E-state index in [-0.39, 0.29) is 5.96 Å². The zero-order valence-electron chi connectivity index (χ0n) is 7.49. The molecule has 0 aliphatic carbocycles. The Morgan fingerprint density at radius 3 is 2.69 bits per heavy atom. The first-order valence-electron chi connectivity index (χ1n) is 3.93. The SMILES string of the molecule is Cc1ccccc1/C=[NH+]/N=C(N)N. The number of hydrogen-bond acceptors (Lipinski definition) is 1. The predicted octanol–water partition coefficient (Wildman–Crippen LogP) is -1.32. The van der Waals surface area contributed by atoms with Crippen molar-refractivity contribution in [2.45, 2.75) is 6.92 Å². The maximum atomic E-state index is 5.14. The standard InChI is InChI=1S/C9H12N4/c1-7-4-2-3-5-8(7)6-12-13-9(10)11/h2-6H,1H3,(H4,10,11,13)/p+1/b12-6+. The van der Waals surface area contributed by atoms with Crippen LogP contribution in [0.2, 0.25) is 0 Å². The van der Waals surface area contributed by atoms with E-state index in [9.17, 15) is 0 Å². The van der Waals surface area contributed by atoms with Crippen molar-refractivity contribution < 1.29 is 5.10 Å². The Bertz CT molecular complexity index is 337. The third kappa shape index (κ3) is 2.94. The van der Waals surface area contributed by atoms with Gasteiger partial charge in [0.1, 0.15) is 0 Å². The zero-order valence-corrected chi connectivity index (χ0v) is 7.49. The molecule has 0 aliphatic rings. The van der Waals surface area contributed by atoms with Gasteiger partial charge < -0.3 is 11.5 Å². The van der Waals surface area contributed by atoms with E-state index < -0.39 is 0 Å². The molecular formula is C9H13N4+. The van der Waals surface area contributed by atoms with Crippen molar-refractivity contribution in [2.75, 3.05) is 0 Å². The van der Waals surface area contributed by atoms with Gasteiger partial charge in [0.15, 0.2) is 0 Å². The van der Waals surface area contributed by atoms with Gasteiger partial charge in [-0.2, -0.15) is 0 Å². The van der Waals surface area contributed by atoms with Gasteiger partial charge in [0.2, 0.25) is 6.21 Å². The lowest BCUT2D eigenvalue weighted by Gasteiger charge is -1.92. The number of aryl methyl sites for hydroxylation is 1. The average molecular weight is 177 g/mol. The molecule has 4 nitrogen and oxygen atoms in total. The number of nitrogens with two attached hydrogens (primary N) is 2. The zero-order chi connectivity index (χ0) is 9.68. The lowest BCUT2D eigenvalue weighted by Crippen LogP contribution is -2.63. The third-order valence-electron chi connectivity index (χ3n) is 1.60. The van der Waals surface area contributed by atoms with Crippen LogP contribution in [0.5, 0.6) is 0 Å². The second-order valence-electron chi connectivity index (χ2n) is 2.67. The highest BCUT2D eigenvalue weighted by Crippen LogP contribution is 2.01. The summed E-state index contributed by atoms with van der Waals surface area (Å²) in [4.78, 5) is 0. The summed E-state index contributed by atoms with van der Waals surface area (Å²) in [6.07, 6.45) is 1.75. The molecule has 0 spiro atoms. The van der Waals surface area contributed by atoms with Gasteiger partial charge in [0, 0.05) is 10.7 Å². The Morgan fingerprint density at radius 1 is 1.38 bits per heavy atom. The van der Waals surface area contributed by atoms with E-state index in [1.807, 2.05) is 31.2 Å². The van der Waals surface area contributed by atoms with E-state index in [0.29, 0.717) is 0 Å². The first kappa shape index (κ1) is 9.25. The first-order chi connectivity index (χ1) is 6.20. The van der Waals surface area contributed by atoms with Gasteiger partial charge in [-0.15, -0.1) is 5.10 Å². The monoisotopic (exact) mass is 177 g/mol. The molecule has 13 heavy (non-hydrogen) atoms. The van der Waals surface area contributed by atoms with E-state index in [1.54, 1.807) is 6.21 Å². The molecule has 0 amide bonds. The normalized spacial score (nSPS) is 10.2. The highest BCUT2D eigenvalue weighted by atomic mass is 15.3. The molecular weight excluding hydrogens is 164 g/mol.